The van der Waals surface area contributed by atoms with Gasteiger partial charge in [-0.1, -0.05) is 23.7 Å². The number of benzene rings is 1. The van der Waals surface area contributed by atoms with Crippen LogP contribution >= 0.6 is 11.6 Å². The van der Waals surface area contributed by atoms with Crippen LogP contribution in [-0.2, 0) is 16.1 Å². The van der Waals surface area contributed by atoms with Crippen molar-refractivity contribution in [2.24, 2.45) is 0 Å². The van der Waals surface area contributed by atoms with Crippen LogP contribution in [0.5, 0.6) is 0 Å². The number of amides is 1. The van der Waals surface area contributed by atoms with Crippen molar-refractivity contribution in [2.75, 3.05) is 14.2 Å². The Kier molecular flexibility index (Phi) is 3.11. The number of carbonyl (C=O) groups excluding carboxylic acids is 1. The Morgan fingerprint density at radius 2 is 2.18 bits per heavy atom. The van der Waals surface area contributed by atoms with E-state index in [1.54, 1.807) is 26.0 Å². The first kappa shape index (κ1) is 12.0. The van der Waals surface area contributed by atoms with Crippen molar-refractivity contribution in [3.05, 3.63) is 40.1 Å². The third-order valence-electron chi connectivity index (χ3n) is 3.00. The summed E-state index contributed by atoms with van der Waals surface area (Å²) in [7, 11) is 3.33. The molecule has 0 fully saturated rings. The molecule has 0 spiro atoms. The summed E-state index contributed by atoms with van der Waals surface area (Å²) in [5.41, 5.74) is 2.45. The molecule has 1 heterocycles. The second-order valence-electron chi connectivity index (χ2n) is 4.06. The van der Waals surface area contributed by atoms with Crippen LogP contribution in [0, 0.1) is 0 Å². The molecule has 1 aliphatic heterocycles. The smallest absolute Gasteiger partial charge is 0.257 e. The molecule has 4 heteroatoms. The van der Waals surface area contributed by atoms with Crippen molar-refractivity contribution in [3.8, 4) is 0 Å². The Labute approximate surface area is 106 Å². The molecule has 1 aromatic carbocycles. The highest BCUT2D eigenvalue weighted by Gasteiger charge is 2.29. The van der Waals surface area contributed by atoms with E-state index in [0.29, 0.717) is 22.9 Å². The van der Waals surface area contributed by atoms with Crippen molar-refractivity contribution in [1.82, 2.24) is 4.90 Å². The number of rotatable bonds is 1. The molecule has 0 aromatic heterocycles. The number of fused-ring (bicyclic) bond motifs is 1. The maximum Gasteiger partial charge on any atom is 0.257 e. The standard InChI is InChI=1S/C13H14ClNO2/c1-8(17-3)12-9-5-4-6-11(14)10(9)7-15(2)13(12)16/h4-6H,7H2,1-3H3/b12-8+. The van der Waals surface area contributed by atoms with Crippen LogP contribution in [0.4, 0.5) is 0 Å². The SMILES string of the molecule is CO/C(C)=C1/C(=O)N(C)Cc2c(Cl)cccc21. The van der Waals surface area contributed by atoms with E-state index in [4.69, 9.17) is 16.3 Å². The number of nitrogens with zero attached hydrogens (tertiary/aromatic N) is 1. The van der Waals surface area contributed by atoms with Crippen LogP contribution in [0.2, 0.25) is 5.02 Å². The van der Waals surface area contributed by atoms with Gasteiger partial charge in [-0.15, -0.1) is 0 Å². The largest absolute Gasteiger partial charge is 0.501 e. The van der Waals surface area contributed by atoms with E-state index in [2.05, 4.69) is 0 Å². The van der Waals surface area contributed by atoms with Crippen LogP contribution in [0.25, 0.3) is 5.57 Å². The van der Waals surface area contributed by atoms with Gasteiger partial charge in [0.25, 0.3) is 5.91 Å². The second kappa shape index (κ2) is 4.41. The lowest BCUT2D eigenvalue weighted by Crippen LogP contribution is -2.32. The molecule has 0 saturated carbocycles. The number of ether oxygens (including phenoxy) is 1. The van der Waals surface area contributed by atoms with Crippen LogP contribution in [-0.4, -0.2) is 25.0 Å². The van der Waals surface area contributed by atoms with Gasteiger partial charge in [0.2, 0.25) is 0 Å². The summed E-state index contributed by atoms with van der Waals surface area (Å²) in [5, 5.41) is 0.684. The molecule has 3 nitrogen and oxygen atoms in total. The molecular formula is C13H14ClNO2. The van der Waals surface area contributed by atoms with E-state index in [0.717, 1.165) is 11.1 Å². The first-order valence-electron chi connectivity index (χ1n) is 5.34. The van der Waals surface area contributed by atoms with Crippen molar-refractivity contribution < 1.29 is 9.53 Å². The summed E-state index contributed by atoms with van der Waals surface area (Å²) in [6.07, 6.45) is 0. The predicted molar refractivity (Wildman–Crippen MR) is 67.5 cm³/mol. The molecule has 0 unspecified atom stereocenters. The number of likely N-dealkylation sites (N-methyl/N-ethyl adjacent to an activating group) is 1. The quantitative estimate of drug-likeness (QED) is 0.567. The molecule has 0 aliphatic carbocycles. The molecule has 17 heavy (non-hydrogen) atoms. The number of hydrogen-bond donors (Lipinski definition) is 0. The molecule has 2 rings (SSSR count). The molecule has 0 radical (unpaired) electrons. The van der Waals surface area contributed by atoms with Gasteiger partial charge in [-0.2, -0.15) is 0 Å². The fourth-order valence-electron chi connectivity index (χ4n) is 2.01. The molecule has 1 aliphatic rings. The molecule has 0 N–H and O–H groups in total. The molecule has 90 valence electrons. The summed E-state index contributed by atoms with van der Waals surface area (Å²) in [6, 6.07) is 5.59. The Balaban J connectivity index is 2.70. The van der Waals surface area contributed by atoms with Gasteiger partial charge in [0.15, 0.2) is 0 Å². The van der Waals surface area contributed by atoms with Gasteiger partial charge in [-0.05, 0) is 24.1 Å². The number of hydrogen-bond acceptors (Lipinski definition) is 2. The van der Waals surface area contributed by atoms with Crippen LogP contribution in [0.15, 0.2) is 24.0 Å². The number of allylic oxidation sites excluding steroid dienone is 1. The van der Waals surface area contributed by atoms with E-state index in [1.165, 1.54) is 0 Å². The third kappa shape index (κ3) is 1.91. The van der Waals surface area contributed by atoms with Gasteiger partial charge >= 0.3 is 0 Å². The number of halogens is 1. The zero-order chi connectivity index (χ0) is 12.6. The minimum absolute atomic E-state index is 0.0286. The highest BCUT2D eigenvalue weighted by molar-refractivity contribution is 6.32. The topological polar surface area (TPSA) is 29.5 Å². The van der Waals surface area contributed by atoms with Gasteiger partial charge in [0, 0.05) is 18.6 Å². The number of methoxy groups -OCH3 is 1. The molecule has 1 amide bonds. The second-order valence-corrected chi connectivity index (χ2v) is 4.47. The first-order valence-corrected chi connectivity index (χ1v) is 5.72. The molecule has 1 aromatic rings. The molecule has 0 bridgehead atoms. The lowest BCUT2D eigenvalue weighted by molar-refractivity contribution is -0.124. The van der Waals surface area contributed by atoms with Crippen molar-refractivity contribution in [2.45, 2.75) is 13.5 Å². The van der Waals surface area contributed by atoms with E-state index in [9.17, 15) is 4.79 Å². The summed E-state index contributed by atoms with van der Waals surface area (Å²) >= 11 is 6.17. The lowest BCUT2D eigenvalue weighted by atomic mass is 9.93. The zero-order valence-corrected chi connectivity index (χ0v) is 10.8. The highest BCUT2D eigenvalue weighted by Crippen LogP contribution is 2.34. The first-order chi connectivity index (χ1) is 8.06. The van der Waals surface area contributed by atoms with E-state index in [-0.39, 0.29) is 5.91 Å². The van der Waals surface area contributed by atoms with Gasteiger partial charge in [-0.3, -0.25) is 4.79 Å². The predicted octanol–water partition coefficient (Wildman–Crippen LogP) is 2.69. The summed E-state index contributed by atoms with van der Waals surface area (Å²) in [5.74, 6) is 0.587. The Morgan fingerprint density at radius 1 is 1.47 bits per heavy atom. The average molecular weight is 252 g/mol. The zero-order valence-electron chi connectivity index (χ0n) is 10.1. The third-order valence-corrected chi connectivity index (χ3v) is 3.36. The van der Waals surface area contributed by atoms with E-state index < -0.39 is 0 Å². The maximum atomic E-state index is 12.1. The van der Waals surface area contributed by atoms with Crippen LogP contribution < -0.4 is 0 Å². The normalized spacial score (nSPS) is 17.9. The lowest BCUT2D eigenvalue weighted by Gasteiger charge is -2.28. The highest BCUT2D eigenvalue weighted by atomic mass is 35.5. The summed E-state index contributed by atoms with van der Waals surface area (Å²) in [6.45, 7) is 2.32. The minimum Gasteiger partial charge on any atom is -0.501 e. The molecule has 0 atom stereocenters. The Morgan fingerprint density at radius 3 is 2.82 bits per heavy atom. The monoisotopic (exact) mass is 251 g/mol. The summed E-state index contributed by atoms with van der Waals surface area (Å²) in [4.78, 5) is 13.8. The van der Waals surface area contributed by atoms with Gasteiger partial charge < -0.3 is 9.64 Å². The van der Waals surface area contributed by atoms with E-state index >= 15 is 0 Å². The van der Waals surface area contributed by atoms with Crippen molar-refractivity contribution >= 4 is 23.1 Å². The van der Waals surface area contributed by atoms with Gasteiger partial charge in [0.05, 0.1) is 12.7 Å². The Hall–Kier alpha value is -1.48. The minimum atomic E-state index is -0.0286. The van der Waals surface area contributed by atoms with Crippen LogP contribution in [0.1, 0.15) is 18.1 Å². The van der Waals surface area contributed by atoms with Gasteiger partial charge in [-0.25, -0.2) is 0 Å². The maximum absolute atomic E-state index is 12.1. The molecular weight excluding hydrogens is 238 g/mol. The Bertz CT molecular complexity index is 508. The fraction of sp³-hybridized carbons (Fsp3) is 0.308. The average Bonchev–Trinajstić information content (AvgIpc) is 2.31. The van der Waals surface area contributed by atoms with Gasteiger partial charge in [0.1, 0.15) is 5.76 Å². The van der Waals surface area contributed by atoms with Crippen LogP contribution in [0.3, 0.4) is 0 Å². The molecule has 0 saturated heterocycles. The van der Waals surface area contributed by atoms with Crippen molar-refractivity contribution in [1.29, 1.82) is 0 Å². The fourth-order valence-corrected chi connectivity index (χ4v) is 2.25. The summed E-state index contributed by atoms with van der Waals surface area (Å²) < 4.78 is 5.19. The number of carbonyl (C=O) groups is 1. The van der Waals surface area contributed by atoms with Crippen molar-refractivity contribution in [3.63, 3.8) is 0 Å². The van der Waals surface area contributed by atoms with E-state index in [1.807, 2.05) is 18.2 Å².